The summed E-state index contributed by atoms with van der Waals surface area (Å²) in [6.07, 6.45) is 3.84. The van der Waals surface area contributed by atoms with Gasteiger partial charge in [-0.1, -0.05) is 0 Å². The zero-order valence-corrected chi connectivity index (χ0v) is 12.5. The molecule has 1 saturated heterocycles. The Kier molecular flexibility index (Phi) is 8.59. The highest BCUT2D eigenvalue weighted by molar-refractivity contribution is 4.78. The van der Waals surface area contributed by atoms with Crippen molar-refractivity contribution < 1.29 is 4.74 Å². The topological polar surface area (TPSA) is 27.7 Å². The first kappa shape index (κ1) is 15.9. The van der Waals surface area contributed by atoms with Gasteiger partial charge in [-0.3, -0.25) is 0 Å². The minimum absolute atomic E-state index is 0.771. The van der Waals surface area contributed by atoms with Gasteiger partial charge in [-0.05, 0) is 53.4 Å². The van der Waals surface area contributed by atoms with E-state index < -0.39 is 0 Å². The van der Waals surface area contributed by atoms with Crippen LogP contribution in [0.15, 0.2) is 0 Å². The van der Waals surface area contributed by atoms with E-state index in [0.29, 0.717) is 0 Å². The van der Waals surface area contributed by atoms with Crippen LogP contribution in [0.3, 0.4) is 0 Å². The predicted octanol–water partition coefficient (Wildman–Crippen LogP) is 1.03. The molecule has 0 aromatic carbocycles. The normalized spacial score (nSPS) is 21.0. The quantitative estimate of drug-likeness (QED) is 0.592. The minimum atomic E-state index is 0.771. The number of nitrogens with one attached hydrogen (secondary N) is 1. The molecule has 4 heteroatoms. The second-order valence-electron chi connectivity index (χ2n) is 5.34. The fraction of sp³-hybridized carbons (Fsp3) is 1.00. The van der Waals surface area contributed by atoms with Crippen LogP contribution < -0.4 is 5.32 Å². The first-order valence-corrected chi connectivity index (χ1v) is 7.41. The van der Waals surface area contributed by atoms with Gasteiger partial charge in [0.2, 0.25) is 0 Å². The molecule has 1 aliphatic rings. The molecular weight excluding hydrogens is 226 g/mol. The summed E-state index contributed by atoms with van der Waals surface area (Å²) < 4.78 is 5.31. The molecule has 0 saturated carbocycles. The summed E-state index contributed by atoms with van der Waals surface area (Å²) in [7, 11) is 4.48. The number of likely N-dealkylation sites (tertiary alicyclic amines) is 1. The Bertz CT molecular complexity index is 201. The van der Waals surface area contributed by atoms with Gasteiger partial charge in [-0.25, -0.2) is 0 Å². The van der Waals surface area contributed by atoms with Crippen LogP contribution in [-0.4, -0.2) is 75.9 Å². The van der Waals surface area contributed by atoms with Crippen LogP contribution in [-0.2, 0) is 4.74 Å². The molecule has 1 atom stereocenters. The minimum Gasteiger partial charge on any atom is -0.382 e. The van der Waals surface area contributed by atoms with E-state index in [4.69, 9.17) is 4.74 Å². The van der Waals surface area contributed by atoms with Crippen molar-refractivity contribution in [2.24, 2.45) is 0 Å². The lowest BCUT2D eigenvalue weighted by molar-refractivity contribution is 0.144. The summed E-state index contributed by atoms with van der Waals surface area (Å²) in [5.41, 5.74) is 0. The molecule has 1 fully saturated rings. The Morgan fingerprint density at radius 3 is 2.89 bits per heavy atom. The smallest absolute Gasteiger partial charge is 0.0477 e. The van der Waals surface area contributed by atoms with Crippen LogP contribution in [0.2, 0.25) is 0 Å². The summed E-state index contributed by atoms with van der Waals surface area (Å²) in [6.45, 7) is 9.52. The molecule has 1 heterocycles. The van der Waals surface area contributed by atoms with Gasteiger partial charge in [0.15, 0.2) is 0 Å². The van der Waals surface area contributed by atoms with Crippen LogP contribution in [0, 0.1) is 0 Å². The fourth-order valence-electron chi connectivity index (χ4n) is 2.50. The molecule has 1 rings (SSSR count). The summed E-state index contributed by atoms with van der Waals surface area (Å²) in [6, 6.07) is 0.771. The van der Waals surface area contributed by atoms with Crippen molar-refractivity contribution >= 4 is 0 Å². The molecule has 4 nitrogen and oxygen atoms in total. The van der Waals surface area contributed by atoms with E-state index in [1.165, 1.54) is 25.9 Å². The van der Waals surface area contributed by atoms with Crippen molar-refractivity contribution in [3.05, 3.63) is 0 Å². The van der Waals surface area contributed by atoms with Gasteiger partial charge in [0.25, 0.3) is 0 Å². The molecule has 0 aliphatic carbocycles. The molecule has 108 valence electrons. The first-order valence-electron chi connectivity index (χ1n) is 7.41. The number of ether oxygens (including phenoxy) is 1. The van der Waals surface area contributed by atoms with Gasteiger partial charge in [0.05, 0.1) is 0 Å². The lowest BCUT2D eigenvalue weighted by atomic mass is 10.2. The lowest BCUT2D eigenvalue weighted by Gasteiger charge is -2.25. The monoisotopic (exact) mass is 257 g/mol. The SMILES string of the molecule is CCOCCCNCCN(C)CC1CCCN1C. The van der Waals surface area contributed by atoms with E-state index in [2.05, 4.69) is 29.2 Å². The van der Waals surface area contributed by atoms with Gasteiger partial charge in [0.1, 0.15) is 0 Å². The highest BCUT2D eigenvalue weighted by Crippen LogP contribution is 2.14. The van der Waals surface area contributed by atoms with Crippen molar-refractivity contribution in [2.75, 3.05) is 60.0 Å². The zero-order valence-electron chi connectivity index (χ0n) is 12.5. The van der Waals surface area contributed by atoms with E-state index in [9.17, 15) is 0 Å². The number of likely N-dealkylation sites (N-methyl/N-ethyl adjacent to an activating group) is 2. The van der Waals surface area contributed by atoms with Crippen LogP contribution in [0.25, 0.3) is 0 Å². The van der Waals surface area contributed by atoms with Gasteiger partial charge in [-0.15, -0.1) is 0 Å². The average molecular weight is 257 g/mol. The summed E-state index contributed by atoms with van der Waals surface area (Å²) in [4.78, 5) is 4.94. The highest BCUT2D eigenvalue weighted by Gasteiger charge is 2.21. The zero-order chi connectivity index (χ0) is 13.2. The fourth-order valence-corrected chi connectivity index (χ4v) is 2.50. The Hall–Kier alpha value is -0.160. The molecule has 1 aliphatic heterocycles. The molecule has 1 unspecified atom stereocenters. The van der Waals surface area contributed by atoms with Gasteiger partial charge < -0.3 is 19.9 Å². The second kappa shape index (κ2) is 9.73. The summed E-state index contributed by atoms with van der Waals surface area (Å²) in [5.74, 6) is 0. The number of rotatable bonds is 10. The number of nitrogens with zero attached hydrogens (tertiary/aromatic N) is 2. The third-order valence-electron chi connectivity index (χ3n) is 3.71. The third-order valence-corrected chi connectivity index (χ3v) is 3.71. The van der Waals surface area contributed by atoms with E-state index in [-0.39, 0.29) is 0 Å². The van der Waals surface area contributed by atoms with Gasteiger partial charge in [-0.2, -0.15) is 0 Å². The van der Waals surface area contributed by atoms with Crippen molar-refractivity contribution in [3.8, 4) is 0 Å². The number of hydrogen-bond acceptors (Lipinski definition) is 4. The van der Waals surface area contributed by atoms with Crippen molar-refractivity contribution in [3.63, 3.8) is 0 Å². The van der Waals surface area contributed by atoms with Crippen molar-refractivity contribution in [1.82, 2.24) is 15.1 Å². The first-order chi connectivity index (χ1) is 8.74. The van der Waals surface area contributed by atoms with Gasteiger partial charge >= 0.3 is 0 Å². The maximum Gasteiger partial charge on any atom is 0.0477 e. The summed E-state index contributed by atoms with van der Waals surface area (Å²) >= 11 is 0. The van der Waals surface area contributed by atoms with E-state index in [0.717, 1.165) is 45.3 Å². The van der Waals surface area contributed by atoms with Crippen molar-refractivity contribution in [2.45, 2.75) is 32.2 Å². The standard InChI is InChI=1S/C14H31N3O/c1-4-18-12-6-8-15-9-11-16(2)13-14-7-5-10-17(14)3/h14-15H,4-13H2,1-3H3. The average Bonchev–Trinajstić information content (AvgIpc) is 2.74. The molecule has 18 heavy (non-hydrogen) atoms. The predicted molar refractivity (Wildman–Crippen MR) is 77.1 cm³/mol. The third kappa shape index (κ3) is 6.69. The van der Waals surface area contributed by atoms with E-state index >= 15 is 0 Å². The summed E-state index contributed by atoms with van der Waals surface area (Å²) in [5, 5.41) is 3.48. The second-order valence-corrected chi connectivity index (χ2v) is 5.34. The lowest BCUT2D eigenvalue weighted by Crippen LogP contribution is -2.39. The Morgan fingerprint density at radius 2 is 2.22 bits per heavy atom. The molecule has 1 N–H and O–H groups in total. The molecule has 0 aromatic heterocycles. The maximum absolute atomic E-state index is 5.31. The Labute approximate surface area is 113 Å². The number of hydrogen-bond donors (Lipinski definition) is 1. The molecule has 0 bridgehead atoms. The molecule has 0 spiro atoms. The van der Waals surface area contributed by atoms with Crippen LogP contribution in [0.1, 0.15) is 26.2 Å². The Balaban J connectivity index is 1.92. The van der Waals surface area contributed by atoms with Crippen LogP contribution in [0.4, 0.5) is 0 Å². The molecule has 0 aromatic rings. The Morgan fingerprint density at radius 1 is 1.39 bits per heavy atom. The van der Waals surface area contributed by atoms with E-state index in [1.54, 1.807) is 0 Å². The maximum atomic E-state index is 5.31. The molecular formula is C14H31N3O. The van der Waals surface area contributed by atoms with Crippen LogP contribution in [0.5, 0.6) is 0 Å². The molecule has 0 radical (unpaired) electrons. The molecule has 0 amide bonds. The van der Waals surface area contributed by atoms with Crippen molar-refractivity contribution in [1.29, 1.82) is 0 Å². The largest absolute Gasteiger partial charge is 0.382 e. The highest BCUT2D eigenvalue weighted by atomic mass is 16.5. The van der Waals surface area contributed by atoms with Gasteiger partial charge in [0, 0.05) is 38.9 Å². The van der Waals surface area contributed by atoms with Crippen LogP contribution >= 0.6 is 0 Å². The van der Waals surface area contributed by atoms with E-state index in [1.807, 2.05) is 6.92 Å².